The second-order valence-electron chi connectivity index (χ2n) is 4.37. The van der Waals surface area contributed by atoms with Crippen LogP contribution in [0.15, 0.2) is 0 Å². The summed E-state index contributed by atoms with van der Waals surface area (Å²) in [6.45, 7) is 9.79. The minimum absolute atomic E-state index is 0.328. The van der Waals surface area contributed by atoms with Crippen LogP contribution in [-0.2, 0) is 0 Å². The summed E-state index contributed by atoms with van der Waals surface area (Å²) in [4.78, 5) is 2.34. The van der Waals surface area contributed by atoms with Gasteiger partial charge in [-0.1, -0.05) is 20.8 Å². The van der Waals surface area contributed by atoms with Gasteiger partial charge in [0.25, 0.3) is 0 Å². The normalized spacial score (nSPS) is 12.5. The average molecular weight is 172 g/mol. The number of hydrogen-bond acceptors (Lipinski definition) is 2. The summed E-state index contributed by atoms with van der Waals surface area (Å²) in [6, 6.07) is 0. The van der Waals surface area contributed by atoms with Crippen LogP contribution in [0.5, 0.6) is 0 Å². The first-order chi connectivity index (χ1) is 5.52. The third-order valence-electron chi connectivity index (χ3n) is 2.49. The molecule has 0 radical (unpaired) electrons. The van der Waals surface area contributed by atoms with Crippen molar-refractivity contribution in [1.29, 1.82) is 0 Å². The maximum atomic E-state index is 5.64. The minimum Gasteiger partial charge on any atom is -0.330 e. The second kappa shape index (κ2) is 5.55. The standard InChI is InChI=1S/C10H24N2/c1-5-12(4)8-6-7-10(2,3)9-11/h5-9,11H2,1-4H3. The van der Waals surface area contributed by atoms with E-state index in [-0.39, 0.29) is 0 Å². The Morgan fingerprint density at radius 3 is 2.33 bits per heavy atom. The van der Waals surface area contributed by atoms with Crippen molar-refractivity contribution in [1.82, 2.24) is 4.90 Å². The van der Waals surface area contributed by atoms with Crippen LogP contribution in [0.2, 0.25) is 0 Å². The molecular formula is C10H24N2. The summed E-state index contributed by atoms with van der Waals surface area (Å²) in [5.74, 6) is 0. The molecule has 2 heteroatoms. The molecule has 0 fully saturated rings. The molecule has 0 rings (SSSR count). The van der Waals surface area contributed by atoms with E-state index < -0.39 is 0 Å². The Hall–Kier alpha value is -0.0800. The minimum atomic E-state index is 0.328. The summed E-state index contributed by atoms with van der Waals surface area (Å²) < 4.78 is 0. The fourth-order valence-electron chi connectivity index (χ4n) is 1.09. The van der Waals surface area contributed by atoms with Gasteiger partial charge in [0.05, 0.1) is 0 Å². The zero-order valence-electron chi connectivity index (χ0n) is 9.06. The molecule has 0 heterocycles. The average Bonchev–Trinajstić information content (AvgIpc) is 2.04. The molecule has 0 aliphatic rings. The number of rotatable bonds is 6. The van der Waals surface area contributed by atoms with Crippen molar-refractivity contribution in [3.8, 4) is 0 Å². The summed E-state index contributed by atoms with van der Waals surface area (Å²) in [7, 11) is 2.16. The van der Waals surface area contributed by atoms with E-state index in [1.807, 2.05) is 0 Å². The van der Waals surface area contributed by atoms with Gasteiger partial charge >= 0.3 is 0 Å². The first-order valence-corrected chi connectivity index (χ1v) is 4.90. The maximum Gasteiger partial charge on any atom is -0.00217 e. The summed E-state index contributed by atoms with van der Waals surface area (Å²) >= 11 is 0. The lowest BCUT2D eigenvalue weighted by molar-refractivity contribution is 0.285. The predicted octanol–water partition coefficient (Wildman–Crippen LogP) is 1.70. The third kappa shape index (κ3) is 5.56. The molecule has 74 valence electrons. The highest BCUT2D eigenvalue weighted by Gasteiger charge is 2.14. The van der Waals surface area contributed by atoms with E-state index in [1.165, 1.54) is 19.4 Å². The van der Waals surface area contributed by atoms with E-state index in [0.29, 0.717) is 5.41 Å². The van der Waals surface area contributed by atoms with Gasteiger partial charge in [-0.05, 0) is 44.9 Å². The van der Waals surface area contributed by atoms with Crippen LogP contribution in [0.3, 0.4) is 0 Å². The summed E-state index contributed by atoms with van der Waals surface area (Å²) in [5, 5.41) is 0. The molecule has 0 saturated carbocycles. The van der Waals surface area contributed by atoms with Gasteiger partial charge in [0.15, 0.2) is 0 Å². The zero-order valence-corrected chi connectivity index (χ0v) is 9.06. The highest BCUT2D eigenvalue weighted by Crippen LogP contribution is 2.19. The monoisotopic (exact) mass is 172 g/mol. The number of hydrogen-bond donors (Lipinski definition) is 1. The highest BCUT2D eigenvalue weighted by atomic mass is 15.1. The Bertz CT molecular complexity index is 110. The Kier molecular flexibility index (Phi) is 5.51. The molecule has 0 saturated heterocycles. The van der Waals surface area contributed by atoms with Crippen LogP contribution in [-0.4, -0.2) is 31.6 Å². The van der Waals surface area contributed by atoms with Crippen LogP contribution in [0.1, 0.15) is 33.6 Å². The van der Waals surface area contributed by atoms with E-state index in [0.717, 1.165) is 13.1 Å². The van der Waals surface area contributed by atoms with Crippen molar-refractivity contribution in [3.05, 3.63) is 0 Å². The first kappa shape index (κ1) is 11.9. The second-order valence-corrected chi connectivity index (χ2v) is 4.37. The molecule has 0 aliphatic carbocycles. The lowest BCUT2D eigenvalue weighted by Gasteiger charge is -2.23. The smallest absolute Gasteiger partial charge is 0.00217 e. The zero-order chi connectivity index (χ0) is 9.61. The molecule has 0 aromatic rings. The molecule has 0 spiro atoms. The molecule has 0 aromatic heterocycles. The molecule has 0 aromatic carbocycles. The molecule has 0 aliphatic heterocycles. The Morgan fingerprint density at radius 1 is 1.33 bits per heavy atom. The predicted molar refractivity (Wildman–Crippen MR) is 55.2 cm³/mol. The van der Waals surface area contributed by atoms with E-state index >= 15 is 0 Å². The lowest BCUT2D eigenvalue weighted by atomic mass is 9.88. The third-order valence-corrected chi connectivity index (χ3v) is 2.49. The van der Waals surface area contributed by atoms with Gasteiger partial charge in [-0.2, -0.15) is 0 Å². The van der Waals surface area contributed by atoms with Crippen molar-refractivity contribution < 1.29 is 0 Å². The largest absolute Gasteiger partial charge is 0.330 e. The van der Waals surface area contributed by atoms with Gasteiger partial charge in [0.2, 0.25) is 0 Å². The molecule has 0 unspecified atom stereocenters. The van der Waals surface area contributed by atoms with Crippen LogP contribution in [0.25, 0.3) is 0 Å². The van der Waals surface area contributed by atoms with Crippen molar-refractivity contribution in [2.75, 3.05) is 26.7 Å². The van der Waals surface area contributed by atoms with Crippen molar-refractivity contribution in [2.45, 2.75) is 33.6 Å². The molecule has 0 atom stereocenters. The van der Waals surface area contributed by atoms with Gasteiger partial charge in [-0.3, -0.25) is 0 Å². The van der Waals surface area contributed by atoms with Gasteiger partial charge in [0, 0.05) is 0 Å². The fraction of sp³-hybridized carbons (Fsp3) is 1.00. The molecule has 0 amide bonds. The SMILES string of the molecule is CCN(C)CCCC(C)(C)CN. The van der Waals surface area contributed by atoms with Gasteiger partial charge in [-0.25, -0.2) is 0 Å². The maximum absolute atomic E-state index is 5.64. The van der Waals surface area contributed by atoms with Crippen LogP contribution < -0.4 is 5.73 Å². The highest BCUT2D eigenvalue weighted by molar-refractivity contribution is 4.69. The van der Waals surface area contributed by atoms with Crippen LogP contribution >= 0.6 is 0 Å². The topological polar surface area (TPSA) is 29.3 Å². The van der Waals surface area contributed by atoms with E-state index in [4.69, 9.17) is 5.73 Å². The van der Waals surface area contributed by atoms with Gasteiger partial charge < -0.3 is 10.6 Å². The fourth-order valence-corrected chi connectivity index (χ4v) is 1.09. The van der Waals surface area contributed by atoms with E-state index in [1.54, 1.807) is 0 Å². The first-order valence-electron chi connectivity index (χ1n) is 4.90. The number of nitrogens with zero attached hydrogens (tertiary/aromatic N) is 1. The van der Waals surface area contributed by atoms with E-state index in [9.17, 15) is 0 Å². The van der Waals surface area contributed by atoms with Crippen LogP contribution in [0, 0.1) is 5.41 Å². The van der Waals surface area contributed by atoms with Crippen molar-refractivity contribution in [3.63, 3.8) is 0 Å². The Labute approximate surface area is 77.1 Å². The van der Waals surface area contributed by atoms with E-state index in [2.05, 4.69) is 32.7 Å². The molecule has 12 heavy (non-hydrogen) atoms. The quantitative estimate of drug-likeness (QED) is 0.661. The van der Waals surface area contributed by atoms with Crippen molar-refractivity contribution in [2.24, 2.45) is 11.1 Å². The Balaban J connectivity index is 3.42. The molecule has 0 bridgehead atoms. The number of nitrogens with two attached hydrogens (primary N) is 1. The summed E-state index contributed by atoms with van der Waals surface area (Å²) in [5.41, 5.74) is 5.97. The molecular weight excluding hydrogens is 148 g/mol. The van der Waals surface area contributed by atoms with Gasteiger partial charge in [-0.15, -0.1) is 0 Å². The molecule has 2 nitrogen and oxygen atoms in total. The molecule has 2 N–H and O–H groups in total. The van der Waals surface area contributed by atoms with Crippen molar-refractivity contribution >= 4 is 0 Å². The Morgan fingerprint density at radius 2 is 1.92 bits per heavy atom. The summed E-state index contributed by atoms with van der Waals surface area (Å²) in [6.07, 6.45) is 2.49. The van der Waals surface area contributed by atoms with Crippen LogP contribution in [0.4, 0.5) is 0 Å². The lowest BCUT2D eigenvalue weighted by Crippen LogP contribution is -2.26. The van der Waals surface area contributed by atoms with Gasteiger partial charge in [0.1, 0.15) is 0 Å².